The van der Waals surface area contributed by atoms with Crippen LogP contribution in [0, 0.1) is 0 Å². The lowest BCUT2D eigenvalue weighted by Gasteiger charge is -2.36. The van der Waals surface area contributed by atoms with Gasteiger partial charge in [0.2, 0.25) is 0 Å². The van der Waals surface area contributed by atoms with Crippen molar-refractivity contribution < 1.29 is 9.53 Å². The van der Waals surface area contributed by atoms with Gasteiger partial charge >= 0.3 is 0 Å². The molecule has 3 aromatic rings. The van der Waals surface area contributed by atoms with Gasteiger partial charge in [-0.05, 0) is 47.5 Å². The molecule has 0 radical (unpaired) electrons. The summed E-state index contributed by atoms with van der Waals surface area (Å²) in [6.45, 7) is 5.26. The van der Waals surface area contributed by atoms with Gasteiger partial charge in [0.1, 0.15) is 5.75 Å². The molecule has 1 aliphatic rings. The summed E-state index contributed by atoms with van der Waals surface area (Å²) in [6, 6.07) is 23.6. The Bertz CT molecular complexity index is 1030. The summed E-state index contributed by atoms with van der Waals surface area (Å²) in [5.41, 5.74) is 4.06. The number of ether oxygens (including phenoxy) is 1. The molecule has 0 aromatic heterocycles. The first-order valence-corrected chi connectivity index (χ1v) is 11.2. The standard InChI is InChI=1S/C26H28ClN3O2/c1-32-25-5-3-2-4-24(25)30-16-14-29(15-17-30)19-21-6-10-22(11-7-21)26(31)28-18-20-8-12-23(27)13-9-20/h2-13H,14-19H2,1H3,(H,28,31). The first kappa shape index (κ1) is 22.2. The van der Waals surface area contributed by atoms with E-state index >= 15 is 0 Å². The molecule has 6 heteroatoms. The zero-order valence-corrected chi connectivity index (χ0v) is 19.0. The third-order valence-electron chi connectivity index (χ3n) is 5.79. The summed E-state index contributed by atoms with van der Waals surface area (Å²) in [5.74, 6) is 0.850. The topological polar surface area (TPSA) is 44.8 Å². The maximum atomic E-state index is 12.4. The Morgan fingerprint density at radius 3 is 2.25 bits per heavy atom. The maximum Gasteiger partial charge on any atom is 0.251 e. The smallest absolute Gasteiger partial charge is 0.251 e. The predicted molar refractivity (Wildman–Crippen MR) is 130 cm³/mol. The maximum absolute atomic E-state index is 12.4. The van der Waals surface area contributed by atoms with Crippen LogP contribution in [0.3, 0.4) is 0 Å². The summed E-state index contributed by atoms with van der Waals surface area (Å²) in [5, 5.41) is 3.65. The van der Waals surface area contributed by atoms with Crippen molar-refractivity contribution in [2.45, 2.75) is 13.1 Å². The van der Waals surface area contributed by atoms with Gasteiger partial charge in [0.25, 0.3) is 5.91 Å². The minimum Gasteiger partial charge on any atom is -0.495 e. The number of piperazine rings is 1. The van der Waals surface area contributed by atoms with E-state index in [0.29, 0.717) is 17.1 Å². The van der Waals surface area contributed by atoms with E-state index < -0.39 is 0 Å². The average Bonchev–Trinajstić information content (AvgIpc) is 2.84. The van der Waals surface area contributed by atoms with Crippen molar-refractivity contribution in [1.29, 1.82) is 0 Å². The van der Waals surface area contributed by atoms with E-state index in [2.05, 4.69) is 27.2 Å². The van der Waals surface area contributed by atoms with Crippen LogP contribution in [0.1, 0.15) is 21.5 Å². The molecule has 0 spiro atoms. The second-order valence-electron chi connectivity index (χ2n) is 7.94. The van der Waals surface area contributed by atoms with Gasteiger partial charge in [-0.3, -0.25) is 9.69 Å². The van der Waals surface area contributed by atoms with Gasteiger partial charge in [-0.25, -0.2) is 0 Å². The number of nitrogens with one attached hydrogen (secondary N) is 1. The van der Waals surface area contributed by atoms with Crippen molar-refractivity contribution in [1.82, 2.24) is 10.2 Å². The molecule has 0 bridgehead atoms. The molecule has 5 nitrogen and oxygen atoms in total. The molecular weight excluding hydrogens is 422 g/mol. The minimum atomic E-state index is -0.0723. The molecule has 1 N–H and O–H groups in total. The third-order valence-corrected chi connectivity index (χ3v) is 6.04. The number of halogens is 1. The summed E-state index contributed by atoms with van der Waals surface area (Å²) in [7, 11) is 1.72. The third kappa shape index (κ3) is 5.61. The molecule has 166 valence electrons. The number of benzene rings is 3. The molecule has 0 saturated carbocycles. The lowest BCUT2D eigenvalue weighted by atomic mass is 10.1. The Morgan fingerprint density at radius 2 is 1.56 bits per heavy atom. The monoisotopic (exact) mass is 449 g/mol. The van der Waals surface area contributed by atoms with E-state index in [-0.39, 0.29) is 5.91 Å². The van der Waals surface area contributed by atoms with Gasteiger partial charge in [-0.1, -0.05) is 48.0 Å². The van der Waals surface area contributed by atoms with Gasteiger partial charge in [0, 0.05) is 49.9 Å². The largest absolute Gasteiger partial charge is 0.495 e. The van der Waals surface area contributed by atoms with Crippen molar-refractivity contribution in [3.05, 3.63) is 94.5 Å². The Labute approximate surface area is 194 Å². The number of para-hydroxylation sites is 2. The molecule has 0 unspecified atom stereocenters. The van der Waals surface area contributed by atoms with Crippen LogP contribution in [0.2, 0.25) is 5.02 Å². The fourth-order valence-corrected chi connectivity index (χ4v) is 4.07. The molecule has 1 saturated heterocycles. The number of methoxy groups -OCH3 is 1. The SMILES string of the molecule is COc1ccccc1N1CCN(Cc2ccc(C(=O)NCc3ccc(Cl)cc3)cc2)CC1. The molecule has 1 fully saturated rings. The van der Waals surface area contributed by atoms with E-state index in [0.717, 1.165) is 49.7 Å². The molecule has 1 aliphatic heterocycles. The number of carbonyl (C=O) groups excluding carboxylic acids is 1. The van der Waals surface area contributed by atoms with Gasteiger partial charge < -0.3 is 15.0 Å². The first-order valence-electron chi connectivity index (χ1n) is 10.8. The van der Waals surface area contributed by atoms with Gasteiger partial charge in [0.15, 0.2) is 0 Å². The van der Waals surface area contributed by atoms with Crippen LogP contribution in [-0.2, 0) is 13.1 Å². The van der Waals surface area contributed by atoms with Crippen molar-refractivity contribution in [2.75, 3.05) is 38.2 Å². The van der Waals surface area contributed by atoms with Crippen LogP contribution in [-0.4, -0.2) is 44.1 Å². The highest BCUT2D eigenvalue weighted by Gasteiger charge is 2.19. The highest BCUT2D eigenvalue weighted by molar-refractivity contribution is 6.30. The highest BCUT2D eigenvalue weighted by atomic mass is 35.5. The second kappa shape index (κ2) is 10.5. The lowest BCUT2D eigenvalue weighted by molar-refractivity contribution is 0.0951. The molecule has 4 rings (SSSR count). The summed E-state index contributed by atoms with van der Waals surface area (Å²) < 4.78 is 5.51. The van der Waals surface area contributed by atoms with Crippen LogP contribution in [0.5, 0.6) is 5.75 Å². The molecule has 1 heterocycles. The van der Waals surface area contributed by atoms with Crippen LogP contribution in [0.4, 0.5) is 5.69 Å². The van der Waals surface area contributed by atoms with Crippen LogP contribution >= 0.6 is 11.6 Å². The van der Waals surface area contributed by atoms with Gasteiger partial charge in [0.05, 0.1) is 12.8 Å². The van der Waals surface area contributed by atoms with E-state index in [9.17, 15) is 4.79 Å². The lowest BCUT2D eigenvalue weighted by Crippen LogP contribution is -2.46. The number of carbonyl (C=O) groups is 1. The summed E-state index contributed by atoms with van der Waals surface area (Å²) in [6.07, 6.45) is 0. The summed E-state index contributed by atoms with van der Waals surface area (Å²) >= 11 is 5.90. The van der Waals surface area contributed by atoms with Crippen molar-refractivity contribution >= 4 is 23.2 Å². The molecule has 0 atom stereocenters. The number of nitrogens with zero attached hydrogens (tertiary/aromatic N) is 2. The van der Waals surface area contributed by atoms with E-state index in [1.807, 2.05) is 60.7 Å². The highest BCUT2D eigenvalue weighted by Crippen LogP contribution is 2.28. The molecule has 32 heavy (non-hydrogen) atoms. The predicted octanol–water partition coefficient (Wildman–Crippen LogP) is 4.60. The van der Waals surface area contributed by atoms with Crippen molar-refractivity contribution in [2.24, 2.45) is 0 Å². The zero-order chi connectivity index (χ0) is 22.3. The normalized spacial score (nSPS) is 14.2. The van der Waals surface area contributed by atoms with Crippen LogP contribution < -0.4 is 15.0 Å². The first-order chi connectivity index (χ1) is 15.6. The Morgan fingerprint density at radius 1 is 0.906 bits per heavy atom. The fourth-order valence-electron chi connectivity index (χ4n) is 3.94. The molecular formula is C26H28ClN3O2. The molecule has 3 aromatic carbocycles. The summed E-state index contributed by atoms with van der Waals surface area (Å²) in [4.78, 5) is 17.3. The van der Waals surface area contributed by atoms with Crippen LogP contribution in [0.25, 0.3) is 0 Å². The fraction of sp³-hybridized carbons (Fsp3) is 0.269. The quantitative estimate of drug-likeness (QED) is 0.572. The van der Waals surface area contributed by atoms with E-state index in [4.69, 9.17) is 16.3 Å². The number of hydrogen-bond acceptors (Lipinski definition) is 4. The Kier molecular flexibility index (Phi) is 7.30. The van der Waals surface area contributed by atoms with Crippen LogP contribution in [0.15, 0.2) is 72.8 Å². The average molecular weight is 450 g/mol. The van der Waals surface area contributed by atoms with Crippen molar-refractivity contribution in [3.8, 4) is 5.75 Å². The minimum absolute atomic E-state index is 0.0723. The van der Waals surface area contributed by atoms with E-state index in [1.54, 1.807) is 7.11 Å². The number of amides is 1. The zero-order valence-electron chi connectivity index (χ0n) is 18.3. The Hall–Kier alpha value is -3.02. The molecule has 0 aliphatic carbocycles. The van der Waals surface area contributed by atoms with Gasteiger partial charge in [-0.15, -0.1) is 0 Å². The second-order valence-corrected chi connectivity index (χ2v) is 8.38. The van der Waals surface area contributed by atoms with Gasteiger partial charge in [-0.2, -0.15) is 0 Å². The number of rotatable bonds is 7. The van der Waals surface area contributed by atoms with E-state index in [1.165, 1.54) is 5.56 Å². The number of anilines is 1. The van der Waals surface area contributed by atoms with Crippen molar-refractivity contribution in [3.63, 3.8) is 0 Å². The Balaban J connectivity index is 1.27. The number of hydrogen-bond donors (Lipinski definition) is 1. The molecule has 1 amide bonds.